The fraction of sp³-hybridized carbons (Fsp3) is 0.0804. The number of benzene rings is 17. The summed E-state index contributed by atoms with van der Waals surface area (Å²) in [6.45, 7) is 15.3. The van der Waals surface area contributed by atoms with Crippen molar-refractivity contribution in [2.24, 2.45) is 0 Å². The van der Waals surface area contributed by atoms with Crippen molar-refractivity contribution >= 4 is 107 Å². The van der Waals surface area contributed by atoms with Crippen molar-refractivity contribution < 1.29 is 9.53 Å². The number of nitrogens with zero attached hydrogens (tertiary/aromatic N) is 4. The molecule has 17 aromatic carbocycles. The smallest absolute Gasteiger partial charge is 0.252 e. The summed E-state index contributed by atoms with van der Waals surface area (Å²) >= 11 is 0. The summed E-state index contributed by atoms with van der Waals surface area (Å²) in [5.41, 5.74) is 32.2. The zero-order valence-electron chi connectivity index (χ0n) is 67.6. The first-order valence-electron chi connectivity index (χ1n) is 41.4. The quantitative estimate of drug-likeness (QED) is 0.0804. The molecule has 119 heavy (non-hydrogen) atoms. The van der Waals surface area contributed by atoms with Crippen LogP contribution in [0.1, 0.15) is 70.0 Å². The summed E-state index contributed by atoms with van der Waals surface area (Å²) in [7, 11) is 0. The lowest BCUT2D eigenvalue weighted by atomic mass is 9.33. The molecule has 7 heteroatoms. The van der Waals surface area contributed by atoms with Crippen molar-refractivity contribution in [3.05, 3.63) is 405 Å². The third-order valence-corrected chi connectivity index (χ3v) is 24.6. The Morgan fingerprint density at radius 1 is 0.286 bits per heavy atom. The first-order chi connectivity index (χ1) is 58.2. The molecule has 0 bridgehead atoms. The molecule has 21 rings (SSSR count). The molecule has 2 aliphatic heterocycles. The molecule has 0 spiro atoms. The molecule has 0 N–H and O–H groups in total. The van der Waals surface area contributed by atoms with Gasteiger partial charge >= 0.3 is 0 Å². The van der Waals surface area contributed by atoms with Gasteiger partial charge in [-0.25, -0.2) is 0 Å². The van der Waals surface area contributed by atoms with Crippen LogP contribution in [0.15, 0.2) is 388 Å². The van der Waals surface area contributed by atoms with Gasteiger partial charge in [-0.15, -0.1) is 0 Å². The highest BCUT2D eigenvalue weighted by Crippen LogP contribution is 2.58. The minimum Gasteiger partial charge on any atom is -0.457 e. The van der Waals surface area contributed by atoms with Gasteiger partial charge in [0.15, 0.2) is 5.78 Å². The summed E-state index contributed by atoms with van der Waals surface area (Å²) in [5, 5.41) is 4.68. The standard InChI is InChI=1S/C112H85BN4O2/c1-72(118)76-64-105-108-106(65-76)117(110-95(87-49-25-22-46-84(87)75-40-16-10-17-41-75)68-78(112(5,6)7)69-96(110)92-54-30-35-59-107(92)119-81-42-18-11-19-43-81)104-71-80(115-101-57-33-28-52-90(101)91-53-29-34-58-102(91)115)61-63-98(104)113(108)97-62-60-79(114-99-55-31-26-50-88(99)89-51-27-32-56-100(89)114)70-103(97)116(105)109-93(85-47-23-20-44-82(85)73-36-12-8-13-37-73)66-77(111(2,3)4)67-94(109)86-48-24-21-45-83(86)74-38-14-9-15-39-74/h8-71H,1-7H3. The maximum absolute atomic E-state index is 16.0. The molecule has 2 aliphatic rings. The Morgan fingerprint density at radius 3 is 0.941 bits per heavy atom. The second kappa shape index (κ2) is 28.7. The van der Waals surface area contributed by atoms with Crippen molar-refractivity contribution in [3.8, 4) is 101 Å². The number of ketones is 1. The van der Waals surface area contributed by atoms with Crippen LogP contribution in [0.25, 0.3) is 133 Å². The largest absolute Gasteiger partial charge is 0.457 e. The molecule has 0 atom stereocenters. The van der Waals surface area contributed by atoms with E-state index in [4.69, 9.17) is 4.74 Å². The van der Waals surface area contributed by atoms with Gasteiger partial charge < -0.3 is 23.7 Å². The number of hydrogen-bond acceptors (Lipinski definition) is 4. The van der Waals surface area contributed by atoms with Gasteiger partial charge in [0.1, 0.15) is 11.5 Å². The van der Waals surface area contributed by atoms with Crippen LogP contribution >= 0.6 is 0 Å². The summed E-state index contributed by atoms with van der Waals surface area (Å²) < 4.78 is 12.2. The van der Waals surface area contributed by atoms with Crippen LogP contribution in [-0.2, 0) is 10.8 Å². The maximum Gasteiger partial charge on any atom is 0.252 e. The molecule has 19 aromatic rings. The molecular formula is C112H85BN4O2. The minimum atomic E-state index is -0.446. The third-order valence-electron chi connectivity index (χ3n) is 24.6. The topological polar surface area (TPSA) is 42.6 Å². The summed E-state index contributed by atoms with van der Waals surface area (Å²) in [4.78, 5) is 21.2. The number of hydrogen-bond donors (Lipinski definition) is 0. The molecule has 4 heterocycles. The van der Waals surface area contributed by atoms with E-state index in [0.717, 1.165) is 173 Å². The van der Waals surface area contributed by atoms with Gasteiger partial charge in [-0.1, -0.05) is 327 Å². The maximum atomic E-state index is 16.0. The van der Waals surface area contributed by atoms with E-state index < -0.39 is 6.71 Å². The van der Waals surface area contributed by atoms with E-state index in [0.29, 0.717) is 11.3 Å². The van der Waals surface area contributed by atoms with Crippen molar-refractivity contribution in [2.75, 3.05) is 9.80 Å². The highest BCUT2D eigenvalue weighted by molar-refractivity contribution is 7.00. The van der Waals surface area contributed by atoms with Crippen LogP contribution in [0, 0.1) is 0 Å². The fourth-order valence-corrected chi connectivity index (χ4v) is 18.9. The van der Waals surface area contributed by atoms with Gasteiger partial charge in [0.05, 0.1) is 33.4 Å². The first kappa shape index (κ1) is 72.2. The molecule has 0 aliphatic carbocycles. The van der Waals surface area contributed by atoms with E-state index in [-0.39, 0.29) is 16.6 Å². The van der Waals surface area contributed by atoms with E-state index in [1.807, 2.05) is 30.3 Å². The van der Waals surface area contributed by atoms with Crippen molar-refractivity contribution in [3.63, 3.8) is 0 Å². The average Bonchev–Trinajstić information content (AvgIpc) is 0.725. The van der Waals surface area contributed by atoms with Crippen LogP contribution in [0.2, 0.25) is 0 Å². The molecule has 0 saturated heterocycles. The molecule has 6 nitrogen and oxygen atoms in total. The van der Waals surface area contributed by atoms with E-state index in [2.05, 4.69) is 418 Å². The minimum absolute atomic E-state index is 0.0675. The van der Waals surface area contributed by atoms with Gasteiger partial charge in [0, 0.05) is 89.0 Å². The van der Waals surface area contributed by atoms with Gasteiger partial charge in [-0.2, -0.15) is 0 Å². The lowest BCUT2D eigenvalue weighted by Crippen LogP contribution is -2.61. The monoisotopic (exact) mass is 1530 g/mol. The number of Topliss-reactive ketones (excluding diaryl/α,β-unsaturated/α-hetero) is 1. The van der Waals surface area contributed by atoms with Gasteiger partial charge in [-0.05, 0) is 198 Å². The lowest BCUT2D eigenvalue weighted by Gasteiger charge is -2.46. The Kier molecular flexibility index (Phi) is 17.4. The van der Waals surface area contributed by atoms with Gasteiger partial charge in [-0.3, -0.25) is 4.79 Å². The van der Waals surface area contributed by atoms with Crippen molar-refractivity contribution in [1.82, 2.24) is 9.13 Å². The van der Waals surface area contributed by atoms with Crippen LogP contribution in [0.4, 0.5) is 34.1 Å². The molecule has 568 valence electrons. The Morgan fingerprint density at radius 2 is 0.588 bits per heavy atom. The highest BCUT2D eigenvalue weighted by atomic mass is 16.5. The lowest BCUT2D eigenvalue weighted by molar-refractivity contribution is 0.101. The average molecular weight is 1530 g/mol. The second-order valence-corrected chi connectivity index (χ2v) is 33.8. The second-order valence-electron chi connectivity index (χ2n) is 33.8. The van der Waals surface area contributed by atoms with Crippen LogP contribution in [-0.4, -0.2) is 21.6 Å². The molecular weight excluding hydrogens is 1440 g/mol. The van der Waals surface area contributed by atoms with Gasteiger partial charge in [0.2, 0.25) is 0 Å². The number of carbonyl (C=O) groups is 1. The third kappa shape index (κ3) is 12.2. The fourth-order valence-electron chi connectivity index (χ4n) is 18.9. The number of ether oxygens (including phenoxy) is 1. The zero-order valence-corrected chi connectivity index (χ0v) is 67.6. The Labute approximate surface area is 695 Å². The molecule has 0 fully saturated rings. The van der Waals surface area contributed by atoms with Crippen LogP contribution in [0.3, 0.4) is 0 Å². The van der Waals surface area contributed by atoms with Crippen LogP contribution < -0.4 is 30.9 Å². The van der Waals surface area contributed by atoms with Crippen molar-refractivity contribution in [2.45, 2.75) is 59.3 Å². The highest BCUT2D eigenvalue weighted by Gasteiger charge is 2.47. The zero-order chi connectivity index (χ0) is 80.4. The van der Waals surface area contributed by atoms with Gasteiger partial charge in [0.25, 0.3) is 6.71 Å². The Balaban J connectivity index is 0.969. The number of carbonyl (C=O) groups excluding carboxylic acids is 1. The van der Waals surface area contributed by atoms with E-state index >= 15 is 4.79 Å². The van der Waals surface area contributed by atoms with Crippen LogP contribution in [0.5, 0.6) is 11.5 Å². The number of rotatable bonds is 14. The molecule has 0 radical (unpaired) electrons. The molecule has 0 saturated carbocycles. The van der Waals surface area contributed by atoms with E-state index in [1.54, 1.807) is 6.92 Å². The number of para-hydroxylation sites is 6. The Hall–Kier alpha value is -14.5. The predicted molar refractivity (Wildman–Crippen MR) is 501 cm³/mol. The number of fused-ring (bicyclic) bond motifs is 10. The number of anilines is 6. The predicted octanol–water partition coefficient (Wildman–Crippen LogP) is 28.2. The summed E-state index contributed by atoms with van der Waals surface area (Å²) in [5.74, 6) is 1.36. The summed E-state index contributed by atoms with van der Waals surface area (Å²) in [6.07, 6.45) is 0. The summed E-state index contributed by atoms with van der Waals surface area (Å²) in [6, 6.07) is 142. The SMILES string of the molecule is CC(=O)c1cc2c3c(c1)N(c1c(-c4ccccc4-c4ccccc4)cc(C(C)(C)C)cc1-c1ccccc1-c1ccccc1)c1cc(-n4c5ccccc5c5ccccc54)ccc1B3c1ccc(-n3c4ccccc4c4ccccc43)cc1N2c1c(-c2ccccc2Oc2ccccc2)cc(C(C)(C)C)cc1-c1ccccc1-c1ccccc1. The van der Waals surface area contributed by atoms with Crippen molar-refractivity contribution in [1.29, 1.82) is 0 Å². The molecule has 0 amide bonds. The normalized spacial score (nSPS) is 12.5. The van der Waals surface area contributed by atoms with E-state index in [9.17, 15) is 0 Å². The Bertz CT molecular complexity index is 7060. The van der Waals surface area contributed by atoms with E-state index in [1.165, 1.54) is 27.1 Å². The molecule has 2 aromatic heterocycles. The number of aromatic nitrogens is 2. The first-order valence-corrected chi connectivity index (χ1v) is 41.4. The molecule has 0 unspecified atom stereocenters.